The number of hydrogen-bond acceptors (Lipinski definition) is 4. The van der Waals surface area contributed by atoms with Crippen LogP contribution in [-0.4, -0.2) is 29.5 Å². The standard InChI is InChI=1S/C16H9ClFN3.C9H6FIN2.C7H4ClN/c17-16-9-12(7-8-19-16)1-2-13-10-20-21(11-13)15-5-3-14(18)4-6-15;10-7-1-3-9(4-2-7)13-6-8(11)5-12-13;1-2-6-3-4-9-7(8)5-6/h3-11H;1-6H;1,3-5H. The van der Waals surface area contributed by atoms with E-state index in [2.05, 4.69) is 60.5 Å². The second-order valence-corrected chi connectivity index (χ2v) is 10.4. The first-order valence-electron chi connectivity index (χ1n) is 12.3. The molecular weight excluding hydrogens is 704 g/mol. The minimum Gasteiger partial charge on any atom is -0.244 e. The Morgan fingerprint density at radius 2 is 1.14 bits per heavy atom. The number of nitrogens with zero attached hydrogens (tertiary/aromatic N) is 6. The van der Waals surface area contributed by atoms with Crippen LogP contribution in [0.2, 0.25) is 10.3 Å². The maximum atomic E-state index is 12.9. The van der Waals surface area contributed by atoms with E-state index in [0.29, 0.717) is 10.3 Å². The number of terminal acetylenes is 1. The molecule has 0 fully saturated rings. The van der Waals surface area contributed by atoms with Crippen LogP contribution < -0.4 is 0 Å². The van der Waals surface area contributed by atoms with Crippen LogP contribution in [-0.2, 0) is 0 Å². The van der Waals surface area contributed by atoms with Gasteiger partial charge in [-0.15, -0.1) is 6.42 Å². The van der Waals surface area contributed by atoms with Gasteiger partial charge in [-0.1, -0.05) is 41.0 Å². The molecule has 0 aliphatic rings. The molecule has 0 N–H and O–H groups in total. The molecule has 0 spiro atoms. The Bertz CT molecular complexity index is 1900. The normalized spacial score (nSPS) is 9.77. The molecule has 6 rings (SSSR count). The third kappa shape index (κ3) is 10.0. The Hall–Kier alpha value is -4.55. The lowest BCUT2D eigenvalue weighted by Crippen LogP contribution is -1.93. The molecule has 0 aliphatic heterocycles. The molecular formula is C32H19Cl2F2IN6. The molecule has 4 heterocycles. The van der Waals surface area contributed by atoms with Gasteiger partial charge >= 0.3 is 0 Å². The zero-order chi connectivity index (χ0) is 30.6. The van der Waals surface area contributed by atoms with E-state index in [0.717, 1.165) is 31.6 Å². The molecule has 212 valence electrons. The van der Waals surface area contributed by atoms with Crippen LogP contribution in [0, 0.1) is 39.4 Å². The fourth-order valence-electron chi connectivity index (χ4n) is 3.28. The van der Waals surface area contributed by atoms with Gasteiger partial charge in [-0.2, -0.15) is 10.2 Å². The second-order valence-electron chi connectivity index (χ2n) is 8.36. The van der Waals surface area contributed by atoms with E-state index in [1.807, 2.05) is 6.20 Å². The van der Waals surface area contributed by atoms with Gasteiger partial charge in [0.15, 0.2) is 0 Å². The van der Waals surface area contributed by atoms with Gasteiger partial charge in [-0.05, 0) is 95.4 Å². The van der Waals surface area contributed by atoms with Crippen LogP contribution in [0.25, 0.3) is 11.4 Å². The van der Waals surface area contributed by atoms with Gasteiger partial charge in [0, 0.05) is 35.9 Å². The van der Waals surface area contributed by atoms with Crippen molar-refractivity contribution in [1.82, 2.24) is 29.5 Å². The fourth-order valence-corrected chi connectivity index (χ4v) is 4.01. The third-order valence-electron chi connectivity index (χ3n) is 5.29. The van der Waals surface area contributed by atoms with Gasteiger partial charge in [-0.3, -0.25) is 0 Å². The van der Waals surface area contributed by atoms with Crippen molar-refractivity contribution in [3.63, 3.8) is 0 Å². The van der Waals surface area contributed by atoms with Crippen molar-refractivity contribution in [2.45, 2.75) is 0 Å². The van der Waals surface area contributed by atoms with Gasteiger partial charge in [0.1, 0.15) is 21.9 Å². The highest BCUT2D eigenvalue weighted by molar-refractivity contribution is 14.1. The molecule has 6 aromatic rings. The van der Waals surface area contributed by atoms with E-state index in [-0.39, 0.29) is 11.6 Å². The molecule has 0 saturated heterocycles. The predicted molar refractivity (Wildman–Crippen MR) is 172 cm³/mol. The van der Waals surface area contributed by atoms with Crippen LogP contribution in [0.5, 0.6) is 0 Å². The smallest absolute Gasteiger partial charge is 0.130 e. The summed E-state index contributed by atoms with van der Waals surface area (Å²) in [5.41, 5.74) is 3.94. The number of aromatic nitrogens is 6. The maximum absolute atomic E-state index is 12.9. The Labute approximate surface area is 270 Å². The fraction of sp³-hybridized carbons (Fsp3) is 0. The Balaban J connectivity index is 0.000000163. The first-order valence-corrected chi connectivity index (χ1v) is 14.1. The summed E-state index contributed by atoms with van der Waals surface area (Å²) in [4.78, 5) is 7.65. The highest BCUT2D eigenvalue weighted by atomic mass is 127. The summed E-state index contributed by atoms with van der Waals surface area (Å²) < 4.78 is 29.9. The molecule has 0 aliphatic carbocycles. The Morgan fingerprint density at radius 3 is 1.63 bits per heavy atom. The van der Waals surface area contributed by atoms with E-state index in [9.17, 15) is 8.78 Å². The van der Waals surface area contributed by atoms with Crippen molar-refractivity contribution in [3.05, 3.63) is 152 Å². The molecule has 43 heavy (non-hydrogen) atoms. The third-order valence-corrected chi connectivity index (χ3v) is 6.26. The molecule has 6 nitrogen and oxygen atoms in total. The first kappa shape index (κ1) is 31.4. The molecule has 2 aromatic carbocycles. The molecule has 0 amide bonds. The zero-order valence-corrected chi connectivity index (χ0v) is 25.7. The van der Waals surface area contributed by atoms with Gasteiger partial charge in [0.25, 0.3) is 0 Å². The van der Waals surface area contributed by atoms with Crippen molar-refractivity contribution >= 4 is 45.8 Å². The summed E-state index contributed by atoms with van der Waals surface area (Å²) in [6.45, 7) is 0. The number of hydrogen-bond donors (Lipinski definition) is 0. The summed E-state index contributed by atoms with van der Waals surface area (Å²) in [6, 6.07) is 19.2. The van der Waals surface area contributed by atoms with E-state index >= 15 is 0 Å². The summed E-state index contributed by atoms with van der Waals surface area (Å²) in [7, 11) is 0. The van der Waals surface area contributed by atoms with Crippen molar-refractivity contribution in [2.75, 3.05) is 0 Å². The lowest BCUT2D eigenvalue weighted by Gasteiger charge is -1.99. The topological polar surface area (TPSA) is 61.4 Å². The Morgan fingerprint density at radius 1 is 0.651 bits per heavy atom. The highest BCUT2D eigenvalue weighted by Gasteiger charge is 2.00. The van der Waals surface area contributed by atoms with Crippen molar-refractivity contribution in [2.24, 2.45) is 0 Å². The number of benzene rings is 2. The zero-order valence-electron chi connectivity index (χ0n) is 22.0. The minimum atomic E-state index is -0.277. The predicted octanol–water partition coefficient (Wildman–Crippen LogP) is 7.79. The average molecular weight is 723 g/mol. The van der Waals surface area contributed by atoms with Crippen LogP contribution in [0.1, 0.15) is 16.7 Å². The van der Waals surface area contributed by atoms with Gasteiger partial charge in [-0.25, -0.2) is 28.1 Å². The van der Waals surface area contributed by atoms with E-state index in [4.69, 9.17) is 29.6 Å². The number of rotatable bonds is 2. The summed E-state index contributed by atoms with van der Waals surface area (Å²) >= 11 is 13.5. The van der Waals surface area contributed by atoms with E-state index < -0.39 is 0 Å². The van der Waals surface area contributed by atoms with E-state index in [1.165, 1.54) is 24.3 Å². The summed E-state index contributed by atoms with van der Waals surface area (Å²) in [5, 5.41) is 9.14. The van der Waals surface area contributed by atoms with Gasteiger partial charge in [0.2, 0.25) is 0 Å². The molecule has 0 bridgehead atoms. The van der Waals surface area contributed by atoms with Crippen molar-refractivity contribution in [1.29, 1.82) is 0 Å². The molecule has 0 atom stereocenters. The average Bonchev–Trinajstić information content (AvgIpc) is 3.67. The monoisotopic (exact) mass is 722 g/mol. The van der Waals surface area contributed by atoms with Crippen LogP contribution in [0.3, 0.4) is 0 Å². The molecule has 11 heteroatoms. The highest BCUT2D eigenvalue weighted by Crippen LogP contribution is 2.11. The van der Waals surface area contributed by atoms with E-state index in [1.54, 1.807) is 88.9 Å². The van der Waals surface area contributed by atoms with Crippen molar-refractivity contribution in [3.8, 4) is 35.6 Å². The van der Waals surface area contributed by atoms with Gasteiger partial charge in [0.05, 0.1) is 32.9 Å². The SMILES string of the molecule is C#Cc1ccnc(Cl)c1.Fc1ccc(-n2cc(C#Cc3ccnc(Cl)c3)cn2)cc1.Fc1ccc(-n2cc(I)cn2)cc1. The Kier molecular flexibility index (Phi) is 11.4. The molecule has 0 unspecified atom stereocenters. The largest absolute Gasteiger partial charge is 0.244 e. The quantitative estimate of drug-likeness (QED) is 0.104. The lowest BCUT2D eigenvalue weighted by molar-refractivity contribution is 0.626. The molecule has 0 saturated carbocycles. The molecule has 4 aromatic heterocycles. The first-order chi connectivity index (χ1) is 20.8. The number of halogens is 5. The van der Waals surface area contributed by atoms with Gasteiger partial charge < -0.3 is 0 Å². The summed E-state index contributed by atoms with van der Waals surface area (Å²) in [6.07, 6.45) is 15.3. The van der Waals surface area contributed by atoms with Crippen LogP contribution in [0.4, 0.5) is 8.78 Å². The lowest BCUT2D eigenvalue weighted by atomic mass is 10.2. The van der Waals surface area contributed by atoms with Crippen molar-refractivity contribution < 1.29 is 8.78 Å². The minimum absolute atomic E-state index is 0.231. The summed E-state index contributed by atoms with van der Waals surface area (Å²) in [5.74, 6) is 7.92. The maximum Gasteiger partial charge on any atom is 0.130 e. The van der Waals surface area contributed by atoms with Crippen LogP contribution in [0.15, 0.2) is 110 Å². The molecule has 0 radical (unpaired) electrons. The van der Waals surface area contributed by atoms with Crippen LogP contribution >= 0.6 is 45.8 Å². The number of pyridine rings is 2. The second kappa shape index (κ2) is 15.6.